The van der Waals surface area contributed by atoms with E-state index in [-0.39, 0.29) is 0 Å². The number of aliphatic carboxylic acids is 1. The van der Waals surface area contributed by atoms with Gasteiger partial charge < -0.3 is 10.4 Å². The van der Waals surface area contributed by atoms with E-state index in [4.69, 9.17) is 5.11 Å². The number of piperidine rings is 1. The molecule has 0 aromatic rings. The average Bonchev–Trinajstić information content (AvgIpc) is 2.24. The fourth-order valence-corrected chi connectivity index (χ4v) is 2.78. The molecular weight excluding hydrogens is 216 g/mol. The summed E-state index contributed by atoms with van der Waals surface area (Å²) in [5, 5.41) is 12.2. The molecule has 0 spiro atoms. The van der Waals surface area contributed by atoms with Crippen LogP contribution in [0, 0.1) is 11.8 Å². The number of nitrogens with one attached hydrogen (secondary N) is 1. The number of hydrogen-bond donors (Lipinski definition) is 2. The van der Waals surface area contributed by atoms with Crippen molar-refractivity contribution in [2.45, 2.75) is 46.2 Å². The summed E-state index contributed by atoms with van der Waals surface area (Å²) >= 11 is 0. The monoisotopic (exact) mass is 242 g/mol. The molecule has 0 amide bonds. The molecule has 0 aromatic carbocycles. The van der Waals surface area contributed by atoms with Crippen molar-refractivity contribution >= 4 is 5.97 Å². The Labute approximate surface area is 104 Å². The third kappa shape index (κ3) is 3.96. The second-order valence-electron chi connectivity index (χ2n) is 5.46. The first kappa shape index (κ1) is 14.5. The van der Waals surface area contributed by atoms with E-state index in [0.29, 0.717) is 31.0 Å². The van der Waals surface area contributed by atoms with Crippen molar-refractivity contribution in [3.63, 3.8) is 0 Å². The first-order valence-corrected chi connectivity index (χ1v) is 6.65. The van der Waals surface area contributed by atoms with Crippen LogP contribution in [0.5, 0.6) is 0 Å². The fourth-order valence-electron chi connectivity index (χ4n) is 2.78. The van der Waals surface area contributed by atoms with Crippen LogP contribution in [0.25, 0.3) is 0 Å². The maximum atomic E-state index is 11.1. The summed E-state index contributed by atoms with van der Waals surface area (Å²) in [6.07, 6.45) is 1.25. The number of nitrogens with zero attached hydrogens (tertiary/aromatic N) is 1. The molecule has 4 heteroatoms. The Kier molecular flexibility index (Phi) is 5.40. The van der Waals surface area contributed by atoms with Gasteiger partial charge in [-0.2, -0.15) is 0 Å². The highest BCUT2D eigenvalue weighted by Gasteiger charge is 2.31. The highest BCUT2D eigenvalue weighted by atomic mass is 16.4. The summed E-state index contributed by atoms with van der Waals surface area (Å²) in [6.45, 7) is 11.0. The zero-order valence-corrected chi connectivity index (χ0v) is 11.4. The van der Waals surface area contributed by atoms with E-state index in [0.717, 1.165) is 6.54 Å². The Morgan fingerprint density at radius 1 is 1.47 bits per heavy atom. The van der Waals surface area contributed by atoms with E-state index in [1.54, 1.807) is 0 Å². The smallest absolute Gasteiger partial charge is 0.322 e. The second kappa shape index (κ2) is 6.36. The molecule has 0 aromatic heterocycles. The molecule has 4 atom stereocenters. The Morgan fingerprint density at radius 3 is 2.65 bits per heavy atom. The van der Waals surface area contributed by atoms with E-state index in [1.807, 2.05) is 6.92 Å². The maximum Gasteiger partial charge on any atom is 0.322 e. The van der Waals surface area contributed by atoms with Crippen molar-refractivity contribution in [3.05, 3.63) is 0 Å². The van der Waals surface area contributed by atoms with Gasteiger partial charge in [0.25, 0.3) is 0 Å². The summed E-state index contributed by atoms with van der Waals surface area (Å²) in [4.78, 5) is 13.5. The standard InChI is InChI=1S/C13H26N2O2/c1-5-14-12(13(16)17)8-15-7-9(2)6-10(3)11(15)4/h9-12,14H,5-8H2,1-4H3,(H,16,17). The molecule has 0 radical (unpaired) electrons. The minimum atomic E-state index is -0.745. The SMILES string of the molecule is CCNC(CN1CC(C)CC(C)C1C)C(=O)O. The quantitative estimate of drug-likeness (QED) is 0.765. The van der Waals surface area contributed by atoms with Crippen LogP contribution in [0.3, 0.4) is 0 Å². The highest BCUT2D eigenvalue weighted by Crippen LogP contribution is 2.26. The lowest BCUT2D eigenvalue weighted by Crippen LogP contribution is -2.53. The molecule has 1 fully saturated rings. The first-order valence-electron chi connectivity index (χ1n) is 6.65. The summed E-state index contributed by atoms with van der Waals surface area (Å²) in [5.74, 6) is 0.567. The van der Waals surface area contributed by atoms with E-state index >= 15 is 0 Å². The van der Waals surface area contributed by atoms with Crippen molar-refractivity contribution in [2.75, 3.05) is 19.6 Å². The zero-order valence-electron chi connectivity index (χ0n) is 11.4. The van der Waals surface area contributed by atoms with Crippen LogP contribution in [0.2, 0.25) is 0 Å². The van der Waals surface area contributed by atoms with Gasteiger partial charge in [0, 0.05) is 19.1 Å². The van der Waals surface area contributed by atoms with Crippen LogP contribution in [0.15, 0.2) is 0 Å². The minimum Gasteiger partial charge on any atom is -0.480 e. The van der Waals surface area contributed by atoms with Gasteiger partial charge >= 0.3 is 5.97 Å². The van der Waals surface area contributed by atoms with Gasteiger partial charge in [-0.15, -0.1) is 0 Å². The lowest BCUT2D eigenvalue weighted by molar-refractivity contribution is -0.140. The molecule has 0 aliphatic carbocycles. The van der Waals surface area contributed by atoms with Crippen LogP contribution in [0.1, 0.15) is 34.1 Å². The van der Waals surface area contributed by atoms with E-state index in [1.165, 1.54) is 6.42 Å². The molecule has 1 aliphatic rings. The molecule has 1 aliphatic heterocycles. The molecule has 100 valence electrons. The van der Waals surface area contributed by atoms with Gasteiger partial charge in [0.15, 0.2) is 0 Å². The van der Waals surface area contributed by atoms with Gasteiger partial charge in [0.05, 0.1) is 0 Å². The highest BCUT2D eigenvalue weighted by molar-refractivity contribution is 5.73. The molecule has 2 N–H and O–H groups in total. The normalized spacial score (nSPS) is 32.4. The number of rotatable bonds is 5. The van der Waals surface area contributed by atoms with Gasteiger partial charge in [-0.05, 0) is 31.7 Å². The van der Waals surface area contributed by atoms with Crippen molar-refractivity contribution in [1.82, 2.24) is 10.2 Å². The van der Waals surface area contributed by atoms with Crippen LogP contribution in [-0.2, 0) is 4.79 Å². The molecule has 0 bridgehead atoms. The van der Waals surface area contributed by atoms with Crippen molar-refractivity contribution in [3.8, 4) is 0 Å². The van der Waals surface area contributed by atoms with E-state index in [2.05, 4.69) is 31.0 Å². The third-order valence-corrected chi connectivity index (χ3v) is 3.89. The maximum absolute atomic E-state index is 11.1. The van der Waals surface area contributed by atoms with Crippen molar-refractivity contribution in [1.29, 1.82) is 0 Å². The number of likely N-dealkylation sites (tertiary alicyclic amines) is 1. The van der Waals surface area contributed by atoms with Gasteiger partial charge in [0.2, 0.25) is 0 Å². The van der Waals surface area contributed by atoms with Gasteiger partial charge in [-0.1, -0.05) is 20.8 Å². The van der Waals surface area contributed by atoms with E-state index in [9.17, 15) is 4.79 Å². The zero-order chi connectivity index (χ0) is 13.0. The summed E-state index contributed by atoms with van der Waals surface area (Å²) in [7, 11) is 0. The van der Waals surface area contributed by atoms with Crippen LogP contribution in [0.4, 0.5) is 0 Å². The predicted octanol–water partition coefficient (Wildman–Crippen LogP) is 1.42. The molecular formula is C13H26N2O2. The number of hydrogen-bond acceptors (Lipinski definition) is 3. The van der Waals surface area contributed by atoms with Crippen molar-refractivity contribution in [2.24, 2.45) is 11.8 Å². The molecule has 17 heavy (non-hydrogen) atoms. The number of carbonyl (C=O) groups is 1. The predicted molar refractivity (Wildman–Crippen MR) is 69.1 cm³/mol. The minimum absolute atomic E-state index is 0.444. The Balaban J connectivity index is 2.60. The molecule has 1 heterocycles. The molecule has 1 rings (SSSR count). The Morgan fingerprint density at radius 2 is 2.12 bits per heavy atom. The average molecular weight is 242 g/mol. The molecule has 4 unspecified atom stereocenters. The van der Waals surface area contributed by atoms with Crippen LogP contribution < -0.4 is 5.32 Å². The van der Waals surface area contributed by atoms with Gasteiger partial charge in [0.1, 0.15) is 6.04 Å². The lowest BCUT2D eigenvalue weighted by atomic mass is 9.86. The number of likely N-dealkylation sites (N-methyl/N-ethyl adjacent to an activating group) is 1. The topological polar surface area (TPSA) is 52.6 Å². The largest absolute Gasteiger partial charge is 0.480 e. The van der Waals surface area contributed by atoms with Gasteiger partial charge in [-0.25, -0.2) is 0 Å². The fraction of sp³-hybridized carbons (Fsp3) is 0.923. The summed E-state index contributed by atoms with van der Waals surface area (Å²) in [5.41, 5.74) is 0. The Bertz CT molecular complexity index is 258. The summed E-state index contributed by atoms with van der Waals surface area (Å²) < 4.78 is 0. The van der Waals surface area contributed by atoms with Crippen molar-refractivity contribution < 1.29 is 9.90 Å². The van der Waals surface area contributed by atoms with Crippen LogP contribution in [-0.4, -0.2) is 47.7 Å². The van der Waals surface area contributed by atoms with E-state index < -0.39 is 12.0 Å². The lowest BCUT2D eigenvalue weighted by Gasteiger charge is -2.42. The summed E-state index contributed by atoms with van der Waals surface area (Å²) in [6, 6.07) is 0.0339. The second-order valence-corrected chi connectivity index (χ2v) is 5.46. The van der Waals surface area contributed by atoms with Crippen LogP contribution >= 0.6 is 0 Å². The first-order chi connectivity index (χ1) is 7.95. The third-order valence-electron chi connectivity index (χ3n) is 3.89. The molecule has 4 nitrogen and oxygen atoms in total. The molecule has 1 saturated heterocycles. The van der Waals surface area contributed by atoms with Gasteiger partial charge in [-0.3, -0.25) is 9.69 Å². The number of carboxylic acid groups (broad SMARTS) is 1. The number of carboxylic acids is 1. The molecule has 0 saturated carbocycles. The Hall–Kier alpha value is -0.610.